The van der Waals surface area contributed by atoms with Gasteiger partial charge < -0.3 is 10.6 Å². The van der Waals surface area contributed by atoms with Crippen molar-refractivity contribution in [2.24, 2.45) is 0 Å². The Bertz CT molecular complexity index is 548. The zero-order valence-electron chi connectivity index (χ0n) is 10.6. The number of sulfonamides is 1. The van der Waals surface area contributed by atoms with E-state index in [1.165, 1.54) is 0 Å². The predicted octanol–water partition coefficient (Wildman–Crippen LogP) is 0.749. The summed E-state index contributed by atoms with van der Waals surface area (Å²) in [5, 5.41) is 5.91. The van der Waals surface area contributed by atoms with E-state index < -0.39 is 10.0 Å². The Morgan fingerprint density at radius 2 is 1.89 bits per heavy atom. The lowest BCUT2D eigenvalue weighted by Crippen LogP contribution is -2.35. The first-order chi connectivity index (χ1) is 8.94. The van der Waals surface area contributed by atoms with Gasteiger partial charge >= 0.3 is 0 Å². The number of benzene rings is 1. The van der Waals surface area contributed by atoms with Gasteiger partial charge in [0.1, 0.15) is 0 Å². The molecular weight excluding hydrogens is 266 g/mol. The van der Waals surface area contributed by atoms with Crippen LogP contribution in [0.3, 0.4) is 0 Å². The van der Waals surface area contributed by atoms with Gasteiger partial charge in [0.15, 0.2) is 0 Å². The van der Waals surface area contributed by atoms with Gasteiger partial charge in [-0.05, 0) is 43.7 Å². The summed E-state index contributed by atoms with van der Waals surface area (Å²) in [4.78, 5) is 11.8. The first-order valence-electron chi connectivity index (χ1n) is 6.06. The Kier molecular flexibility index (Phi) is 4.06. The summed E-state index contributed by atoms with van der Waals surface area (Å²) in [5.74, 6) is -0.0543. The highest BCUT2D eigenvalue weighted by atomic mass is 32.2. The lowest BCUT2D eigenvalue weighted by atomic mass is 10.2. The first-order valence-corrected chi connectivity index (χ1v) is 7.95. The Hall–Kier alpha value is -1.60. The summed E-state index contributed by atoms with van der Waals surface area (Å²) < 4.78 is 24.5. The molecule has 2 rings (SSSR count). The second-order valence-electron chi connectivity index (χ2n) is 4.59. The van der Waals surface area contributed by atoms with E-state index in [0.29, 0.717) is 11.4 Å². The molecule has 3 N–H and O–H groups in total. The van der Waals surface area contributed by atoms with Crippen LogP contribution in [0.25, 0.3) is 0 Å². The smallest absolute Gasteiger partial charge is 0.241 e. The van der Waals surface area contributed by atoms with Crippen LogP contribution >= 0.6 is 0 Å². The number of hydrogen-bond donors (Lipinski definition) is 3. The third-order valence-electron chi connectivity index (χ3n) is 2.83. The maximum atomic E-state index is 11.8. The average molecular weight is 283 g/mol. The molecule has 0 aliphatic carbocycles. The standard InChI is InChI=1S/C12H17N3O3S/c1-19(17,18)15-10-6-4-9(5-7-10)14-12(16)11-3-2-8-13-11/h4-7,11,13,15H,2-3,8H2,1H3,(H,14,16). The highest BCUT2D eigenvalue weighted by Crippen LogP contribution is 2.15. The van der Waals surface area contributed by atoms with E-state index in [1.807, 2.05) is 0 Å². The Morgan fingerprint density at radius 1 is 1.26 bits per heavy atom. The molecule has 6 nitrogen and oxygen atoms in total. The van der Waals surface area contributed by atoms with Crippen molar-refractivity contribution in [3.05, 3.63) is 24.3 Å². The molecule has 1 fully saturated rings. The highest BCUT2D eigenvalue weighted by Gasteiger charge is 2.21. The van der Waals surface area contributed by atoms with Crippen molar-refractivity contribution in [3.63, 3.8) is 0 Å². The van der Waals surface area contributed by atoms with Crippen LogP contribution in [0.1, 0.15) is 12.8 Å². The molecule has 19 heavy (non-hydrogen) atoms. The molecule has 1 aromatic rings. The molecule has 1 saturated heterocycles. The van der Waals surface area contributed by atoms with Crippen LogP contribution in [0, 0.1) is 0 Å². The SMILES string of the molecule is CS(=O)(=O)Nc1ccc(NC(=O)C2CCCN2)cc1. The zero-order valence-corrected chi connectivity index (χ0v) is 11.5. The van der Waals surface area contributed by atoms with Crippen LogP contribution in [0.5, 0.6) is 0 Å². The van der Waals surface area contributed by atoms with Crippen molar-refractivity contribution in [1.29, 1.82) is 0 Å². The second kappa shape index (κ2) is 5.58. The lowest BCUT2D eigenvalue weighted by Gasteiger charge is -2.11. The number of carbonyl (C=O) groups excluding carboxylic acids is 1. The molecule has 104 valence electrons. The average Bonchev–Trinajstić information content (AvgIpc) is 2.83. The molecule has 0 aromatic heterocycles. The number of carbonyl (C=O) groups is 1. The summed E-state index contributed by atoms with van der Waals surface area (Å²) in [6.45, 7) is 0.870. The Balaban J connectivity index is 1.96. The monoisotopic (exact) mass is 283 g/mol. The van der Waals surface area contributed by atoms with E-state index in [1.54, 1.807) is 24.3 Å². The van der Waals surface area contributed by atoms with Gasteiger partial charge in [-0.25, -0.2) is 8.42 Å². The molecule has 0 spiro atoms. The van der Waals surface area contributed by atoms with Crippen molar-refractivity contribution in [2.45, 2.75) is 18.9 Å². The molecule has 0 radical (unpaired) electrons. The van der Waals surface area contributed by atoms with Gasteiger partial charge in [0.05, 0.1) is 12.3 Å². The lowest BCUT2D eigenvalue weighted by molar-refractivity contribution is -0.117. The summed E-state index contributed by atoms with van der Waals surface area (Å²) in [6, 6.07) is 6.42. The van der Waals surface area contributed by atoms with Crippen LogP contribution < -0.4 is 15.4 Å². The van der Waals surface area contributed by atoms with Crippen LogP contribution in [-0.2, 0) is 14.8 Å². The van der Waals surface area contributed by atoms with E-state index in [4.69, 9.17) is 0 Å². The maximum absolute atomic E-state index is 11.8. The molecule has 0 saturated carbocycles. The first kappa shape index (κ1) is 13.8. The molecule has 0 bridgehead atoms. The van der Waals surface area contributed by atoms with Crippen molar-refractivity contribution in [2.75, 3.05) is 22.8 Å². The third-order valence-corrected chi connectivity index (χ3v) is 3.44. The number of rotatable bonds is 4. The van der Waals surface area contributed by atoms with Gasteiger partial charge in [-0.3, -0.25) is 9.52 Å². The summed E-state index contributed by atoms with van der Waals surface area (Å²) >= 11 is 0. The minimum absolute atomic E-state index is 0.0543. The molecule has 1 amide bonds. The van der Waals surface area contributed by atoms with Crippen molar-refractivity contribution >= 4 is 27.3 Å². The fraction of sp³-hybridized carbons (Fsp3) is 0.417. The van der Waals surface area contributed by atoms with Gasteiger partial charge in [0.25, 0.3) is 0 Å². The minimum atomic E-state index is -3.27. The minimum Gasteiger partial charge on any atom is -0.325 e. The van der Waals surface area contributed by atoms with Crippen LogP contribution in [0.4, 0.5) is 11.4 Å². The predicted molar refractivity (Wildman–Crippen MR) is 74.6 cm³/mol. The zero-order chi connectivity index (χ0) is 13.9. The number of anilines is 2. The molecule has 7 heteroatoms. The van der Waals surface area contributed by atoms with Crippen LogP contribution in [-0.4, -0.2) is 33.2 Å². The number of hydrogen-bond acceptors (Lipinski definition) is 4. The molecule has 1 aromatic carbocycles. The largest absolute Gasteiger partial charge is 0.325 e. The number of nitrogens with one attached hydrogen (secondary N) is 3. The summed E-state index contributed by atoms with van der Waals surface area (Å²) in [7, 11) is -3.27. The summed E-state index contributed by atoms with van der Waals surface area (Å²) in [5.41, 5.74) is 1.12. The quantitative estimate of drug-likeness (QED) is 0.761. The maximum Gasteiger partial charge on any atom is 0.241 e. The van der Waals surface area contributed by atoms with Crippen LogP contribution in [0.15, 0.2) is 24.3 Å². The van der Waals surface area contributed by atoms with Crippen molar-refractivity contribution < 1.29 is 13.2 Å². The van der Waals surface area contributed by atoms with E-state index in [-0.39, 0.29) is 11.9 Å². The van der Waals surface area contributed by atoms with E-state index in [9.17, 15) is 13.2 Å². The highest BCUT2D eigenvalue weighted by molar-refractivity contribution is 7.92. The number of amides is 1. The van der Waals surface area contributed by atoms with Gasteiger partial charge in [0, 0.05) is 11.4 Å². The molecule has 1 unspecified atom stereocenters. The van der Waals surface area contributed by atoms with Gasteiger partial charge in [-0.15, -0.1) is 0 Å². The van der Waals surface area contributed by atoms with Crippen molar-refractivity contribution in [1.82, 2.24) is 5.32 Å². The Morgan fingerprint density at radius 3 is 2.42 bits per heavy atom. The van der Waals surface area contributed by atoms with Crippen LogP contribution in [0.2, 0.25) is 0 Å². The molecule has 1 heterocycles. The van der Waals surface area contributed by atoms with Gasteiger partial charge in [0.2, 0.25) is 15.9 Å². The Labute approximate surface area is 112 Å². The topological polar surface area (TPSA) is 87.3 Å². The summed E-state index contributed by atoms with van der Waals surface area (Å²) in [6.07, 6.45) is 2.95. The van der Waals surface area contributed by atoms with Crippen molar-refractivity contribution in [3.8, 4) is 0 Å². The third kappa shape index (κ3) is 4.22. The molecular formula is C12H17N3O3S. The second-order valence-corrected chi connectivity index (χ2v) is 6.34. The van der Waals surface area contributed by atoms with E-state index >= 15 is 0 Å². The normalized spacial score (nSPS) is 19.1. The van der Waals surface area contributed by atoms with Gasteiger partial charge in [-0.1, -0.05) is 0 Å². The van der Waals surface area contributed by atoms with E-state index in [2.05, 4.69) is 15.4 Å². The molecule has 1 aliphatic rings. The fourth-order valence-electron chi connectivity index (χ4n) is 1.97. The molecule has 1 aliphatic heterocycles. The van der Waals surface area contributed by atoms with E-state index in [0.717, 1.165) is 25.6 Å². The molecule has 1 atom stereocenters. The fourth-order valence-corrected chi connectivity index (χ4v) is 2.54. The van der Waals surface area contributed by atoms with Gasteiger partial charge in [-0.2, -0.15) is 0 Å².